The normalized spacial score (nSPS) is 12.8. The molecule has 1 heterocycles. The molecule has 6 heteroatoms. The van der Waals surface area contributed by atoms with E-state index in [0.29, 0.717) is 10.2 Å². The van der Waals surface area contributed by atoms with Crippen molar-refractivity contribution in [3.63, 3.8) is 0 Å². The lowest BCUT2D eigenvalue weighted by Gasteiger charge is -2.01. The lowest BCUT2D eigenvalue weighted by molar-refractivity contribution is -0.138. The zero-order valence-corrected chi connectivity index (χ0v) is 7.60. The Kier molecular flexibility index (Phi) is 3.02. The summed E-state index contributed by atoms with van der Waals surface area (Å²) >= 11 is 6.81. The van der Waals surface area contributed by atoms with Crippen LogP contribution < -0.4 is 5.73 Å². The molecule has 1 aromatic heterocycles. The van der Waals surface area contributed by atoms with Crippen LogP contribution in [0.4, 0.5) is 0 Å². The third-order valence-electron chi connectivity index (χ3n) is 1.27. The predicted octanol–water partition coefficient (Wildman–Crippen LogP) is 0.751. The first-order valence-electron chi connectivity index (χ1n) is 3.18. The maximum Gasteiger partial charge on any atom is 0.320 e. The highest BCUT2D eigenvalue weighted by Gasteiger charge is 2.13. The molecule has 0 aliphatic carbocycles. The molecule has 0 spiro atoms. The average Bonchev–Trinajstić information content (AvgIpc) is 2.35. The number of hydrogen-bond acceptors (Lipinski definition) is 4. The van der Waals surface area contributed by atoms with Gasteiger partial charge in [0.1, 0.15) is 6.04 Å². The van der Waals surface area contributed by atoms with Gasteiger partial charge in [-0.1, -0.05) is 11.6 Å². The number of nitrogens with two attached hydrogens (primary N) is 1. The van der Waals surface area contributed by atoms with Crippen molar-refractivity contribution in [2.75, 3.05) is 0 Å². The van der Waals surface area contributed by atoms with Crippen LogP contribution in [0.2, 0.25) is 4.47 Å². The van der Waals surface area contributed by atoms with Gasteiger partial charge in [0.2, 0.25) is 0 Å². The highest BCUT2D eigenvalue weighted by Crippen LogP contribution is 2.15. The summed E-state index contributed by atoms with van der Waals surface area (Å²) in [6.45, 7) is 0. The van der Waals surface area contributed by atoms with E-state index in [1.165, 1.54) is 11.3 Å². The summed E-state index contributed by atoms with van der Waals surface area (Å²) in [6.07, 6.45) is 0.221. The van der Waals surface area contributed by atoms with Crippen molar-refractivity contribution in [1.29, 1.82) is 0 Å². The molecule has 1 rings (SSSR count). The highest BCUT2D eigenvalue weighted by molar-refractivity contribution is 7.13. The SMILES string of the molecule is N[C@@H](Cc1csc(Cl)n1)C(=O)O. The molecule has 0 aromatic carbocycles. The van der Waals surface area contributed by atoms with Crippen molar-refractivity contribution in [1.82, 2.24) is 4.98 Å². The summed E-state index contributed by atoms with van der Waals surface area (Å²) in [5.41, 5.74) is 5.90. The van der Waals surface area contributed by atoms with E-state index in [4.69, 9.17) is 22.4 Å². The van der Waals surface area contributed by atoms with Crippen molar-refractivity contribution in [3.05, 3.63) is 15.5 Å². The molecular weight excluding hydrogens is 200 g/mol. The number of aromatic nitrogens is 1. The smallest absolute Gasteiger partial charge is 0.320 e. The number of rotatable bonds is 3. The van der Waals surface area contributed by atoms with Crippen molar-refractivity contribution in [2.45, 2.75) is 12.5 Å². The number of thiazole rings is 1. The zero-order valence-electron chi connectivity index (χ0n) is 6.03. The fourth-order valence-corrected chi connectivity index (χ4v) is 1.48. The Bertz CT molecular complexity index is 289. The van der Waals surface area contributed by atoms with Gasteiger partial charge in [0, 0.05) is 11.8 Å². The van der Waals surface area contributed by atoms with Gasteiger partial charge in [0.05, 0.1) is 5.69 Å². The Hall–Kier alpha value is -0.650. The summed E-state index contributed by atoms with van der Waals surface area (Å²) in [5, 5.41) is 10.2. The van der Waals surface area contributed by atoms with Gasteiger partial charge in [-0.3, -0.25) is 4.79 Å². The van der Waals surface area contributed by atoms with Gasteiger partial charge in [0.25, 0.3) is 0 Å². The Morgan fingerprint density at radius 2 is 2.58 bits per heavy atom. The predicted molar refractivity (Wildman–Crippen MR) is 46.4 cm³/mol. The molecule has 12 heavy (non-hydrogen) atoms. The quantitative estimate of drug-likeness (QED) is 0.765. The molecule has 0 aliphatic rings. The van der Waals surface area contributed by atoms with Gasteiger partial charge >= 0.3 is 5.97 Å². The summed E-state index contributed by atoms with van der Waals surface area (Å²) in [7, 11) is 0. The molecule has 0 radical (unpaired) electrons. The van der Waals surface area contributed by atoms with Crippen LogP contribution in [-0.2, 0) is 11.2 Å². The number of hydrogen-bond donors (Lipinski definition) is 2. The standard InChI is InChI=1S/C6H7ClN2O2S/c7-6-9-3(2-12-6)1-4(8)5(10)11/h2,4H,1,8H2,(H,10,11)/t4-/m0/s1. The third kappa shape index (κ3) is 2.44. The zero-order chi connectivity index (χ0) is 9.14. The van der Waals surface area contributed by atoms with Crippen molar-refractivity contribution in [3.8, 4) is 0 Å². The lowest BCUT2D eigenvalue weighted by atomic mass is 10.2. The molecule has 1 atom stereocenters. The Morgan fingerprint density at radius 3 is 3.00 bits per heavy atom. The number of nitrogens with zero attached hydrogens (tertiary/aromatic N) is 1. The van der Waals surface area contributed by atoms with E-state index in [1.54, 1.807) is 5.38 Å². The van der Waals surface area contributed by atoms with Gasteiger partial charge in [-0.2, -0.15) is 0 Å². The molecular formula is C6H7ClN2O2S. The van der Waals surface area contributed by atoms with Crippen LogP contribution in [0.25, 0.3) is 0 Å². The second-order valence-corrected chi connectivity index (χ2v) is 3.68. The van der Waals surface area contributed by atoms with Crippen LogP contribution in [0.3, 0.4) is 0 Å². The molecule has 0 fully saturated rings. The maximum atomic E-state index is 10.3. The molecule has 4 nitrogen and oxygen atoms in total. The molecule has 0 aliphatic heterocycles. The van der Waals surface area contributed by atoms with E-state index in [9.17, 15) is 4.79 Å². The summed E-state index contributed by atoms with van der Waals surface area (Å²) in [5.74, 6) is -1.03. The van der Waals surface area contributed by atoms with E-state index in [1.807, 2.05) is 0 Å². The largest absolute Gasteiger partial charge is 0.480 e. The maximum absolute atomic E-state index is 10.3. The summed E-state index contributed by atoms with van der Waals surface area (Å²) < 4.78 is 0.405. The highest BCUT2D eigenvalue weighted by atomic mass is 35.5. The Morgan fingerprint density at radius 1 is 1.92 bits per heavy atom. The second-order valence-electron chi connectivity index (χ2n) is 2.24. The summed E-state index contributed by atoms with van der Waals surface area (Å²) in [6, 6.07) is -0.900. The number of aliphatic carboxylic acids is 1. The molecule has 0 saturated carbocycles. The molecule has 3 N–H and O–H groups in total. The van der Waals surface area contributed by atoms with Crippen LogP contribution in [0, 0.1) is 0 Å². The molecule has 0 amide bonds. The van der Waals surface area contributed by atoms with Crippen molar-refractivity contribution >= 4 is 28.9 Å². The van der Waals surface area contributed by atoms with Crippen LogP contribution >= 0.6 is 22.9 Å². The minimum absolute atomic E-state index is 0.221. The lowest BCUT2D eigenvalue weighted by Crippen LogP contribution is -2.32. The molecule has 1 aromatic rings. The van der Waals surface area contributed by atoms with Gasteiger partial charge in [-0.05, 0) is 0 Å². The number of carboxylic acid groups (broad SMARTS) is 1. The topological polar surface area (TPSA) is 76.2 Å². The van der Waals surface area contributed by atoms with E-state index < -0.39 is 12.0 Å². The van der Waals surface area contributed by atoms with E-state index in [0.717, 1.165) is 0 Å². The van der Waals surface area contributed by atoms with Gasteiger partial charge in [-0.25, -0.2) is 4.98 Å². The number of carbonyl (C=O) groups is 1. The van der Waals surface area contributed by atoms with Crippen LogP contribution in [0.15, 0.2) is 5.38 Å². The molecule has 0 unspecified atom stereocenters. The first kappa shape index (κ1) is 9.44. The fraction of sp³-hybridized carbons (Fsp3) is 0.333. The Labute approximate surface area is 78.0 Å². The van der Waals surface area contributed by atoms with Crippen LogP contribution in [0.1, 0.15) is 5.69 Å². The van der Waals surface area contributed by atoms with E-state index >= 15 is 0 Å². The number of carboxylic acids is 1. The molecule has 0 bridgehead atoms. The van der Waals surface area contributed by atoms with Gasteiger partial charge < -0.3 is 10.8 Å². The average molecular weight is 207 g/mol. The van der Waals surface area contributed by atoms with Gasteiger partial charge in [0.15, 0.2) is 4.47 Å². The van der Waals surface area contributed by atoms with Gasteiger partial charge in [-0.15, -0.1) is 11.3 Å². The minimum atomic E-state index is -1.03. The van der Waals surface area contributed by atoms with E-state index in [2.05, 4.69) is 4.98 Å². The minimum Gasteiger partial charge on any atom is -0.480 e. The number of halogens is 1. The van der Waals surface area contributed by atoms with Crippen LogP contribution in [0.5, 0.6) is 0 Å². The first-order chi connectivity index (χ1) is 5.59. The molecule has 0 saturated heterocycles. The first-order valence-corrected chi connectivity index (χ1v) is 4.43. The van der Waals surface area contributed by atoms with Crippen molar-refractivity contribution in [2.24, 2.45) is 5.73 Å². The Balaban J connectivity index is 2.58. The van der Waals surface area contributed by atoms with Crippen molar-refractivity contribution < 1.29 is 9.90 Å². The van der Waals surface area contributed by atoms with Crippen LogP contribution in [-0.4, -0.2) is 22.1 Å². The third-order valence-corrected chi connectivity index (χ3v) is 2.30. The second kappa shape index (κ2) is 3.84. The monoisotopic (exact) mass is 206 g/mol. The summed E-state index contributed by atoms with van der Waals surface area (Å²) in [4.78, 5) is 14.2. The van der Waals surface area contributed by atoms with E-state index in [-0.39, 0.29) is 6.42 Å². The molecule has 66 valence electrons. The fourth-order valence-electron chi connectivity index (χ4n) is 0.689.